The second kappa shape index (κ2) is 4.94. The van der Waals surface area contributed by atoms with Crippen LogP contribution in [0.5, 0.6) is 5.75 Å². The van der Waals surface area contributed by atoms with E-state index in [1.807, 2.05) is 0 Å². The number of nitrogens with zero attached hydrogens (tertiary/aromatic N) is 1. The van der Waals surface area contributed by atoms with Gasteiger partial charge in [0.1, 0.15) is 11.3 Å². The molecule has 0 aliphatic carbocycles. The van der Waals surface area contributed by atoms with Crippen molar-refractivity contribution in [3.63, 3.8) is 0 Å². The number of phenols is 1. The SMILES string of the molecule is CN(Cc1c(O)cccc1Cl)C(C)(C)C(=O)O. The largest absolute Gasteiger partial charge is 0.508 e. The van der Waals surface area contributed by atoms with E-state index in [-0.39, 0.29) is 12.3 Å². The standard InChI is InChI=1S/C12H16ClNO3/c1-12(2,11(16)17)14(3)7-8-9(13)5-4-6-10(8)15/h4-6,15H,7H2,1-3H3,(H,16,17). The summed E-state index contributed by atoms with van der Waals surface area (Å²) in [6.07, 6.45) is 0. The molecule has 0 aromatic heterocycles. The van der Waals surface area contributed by atoms with Crippen LogP contribution in [0.25, 0.3) is 0 Å². The third kappa shape index (κ3) is 2.90. The van der Waals surface area contributed by atoms with Crippen LogP contribution in [0.4, 0.5) is 0 Å². The van der Waals surface area contributed by atoms with Crippen LogP contribution in [0, 0.1) is 0 Å². The molecular weight excluding hydrogens is 242 g/mol. The van der Waals surface area contributed by atoms with E-state index in [0.29, 0.717) is 10.6 Å². The number of likely N-dealkylation sites (N-methyl/N-ethyl adjacent to an activating group) is 1. The van der Waals surface area contributed by atoms with E-state index in [9.17, 15) is 9.90 Å². The highest BCUT2D eigenvalue weighted by atomic mass is 35.5. The first-order valence-corrected chi connectivity index (χ1v) is 5.55. The van der Waals surface area contributed by atoms with Crippen LogP contribution < -0.4 is 0 Å². The van der Waals surface area contributed by atoms with Crippen LogP contribution >= 0.6 is 11.6 Å². The van der Waals surface area contributed by atoms with Gasteiger partial charge in [0.25, 0.3) is 0 Å². The number of rotatable bonds is 4. The Bertz CT molecular complexity index is 412. The Morgan fingerprint density at radius 2 is 2.06 bits per heavy atom. The number of halogens is 1. The van der Waals surface area contributed by atoms with Gasteiger partial charge in [-0.25, -0.2) is 0 Å². The average Bonchev–Trinajstić information content (AvgIpc) is 2.23. The quantitative estimate of drug-likeness (QED) is 0.869. The van der Waals surface area contributed by atoms with Gasteiger partial charge < -0.3 is 10.2 Å². The van der Waals surface area contributed by atoms with Crippen LogP contribution in [0.15, 0.2) is 18.2 Å². The lowest BCUT2D eigenvalue weighted by Gasteiger charge is -2.31. The van der Waals surface area contributed by atoms with E-state index in [0.717, 1.165) is 0 Å². The Hall–Kier alpha value is -1.26. The minimum atomic E-state index is -1.02. The van der Waals surface area contributed by atoms with Gasteiger partial charge in [0.05, 0.1) is 0 Å². The van der Waals surface area contributed by atoms with Crippen molar-refractivity contribution in [1.82, 2.24) is 4.90 Å². The smallest absolute Gasteiger partial charge is 0.323 e. The molecule has 1 aromatic carbocycles. The molecule has 0 aliphatic rings. The van der Waals surface area contributed by atoms with Crippen molar-refractivity contribution in [2.75, 3.05) is 7.05 Å². The summed E-state index contributed by atoms with van der Waals surface area (Å²) >= 11 is 5.97. The summed E-state index contributed by atoms with van der Waals surface area (Å²) in [5, 5.41) is 19.2. The zero-order valence-electron chi connectivity index (χ0n) is 10.1. The van der Waals surface area contributed by atoms with E-state index in [2.05, 4.69) is 0 Å². The molecule has 0 bridgehead atoms. The third-order valence-electron chi connectivity index (χ3n) is 2.97. The first-order valence-electron chi connectivity index (χ1n) is 5.17. The average molecular weight is 258 g/mol. The first-order chi connectivity index (χ1) is 7.76. The van der Waals surface area contributed by atoms with Crippen molar-refractivity contribution >= 4 is 17.6 Å². The highest BCUT2D eigenvalue weighted by Crippen LogP contribution is 2.28. The Labute approximate surface area is 105 Å². The fourth-order valence-electron chi connectivity index (χ4n) is 1.30. The summed E-state index contributed by atoms with van der Waals surface area (Å²) in [7, 11) is 1.68. The minimum Gasteiger partial charge on any atom is -0.508 e. The monoisotopic (exact) mass is 257 g/mol. The maximum absolute atomic E-state index is 11.1. The predicted octanol–water partition coefficient (Wildman–Crippen LogP) is 2.34. The normalized spacial score (nSPS) is 11.8. The van der Waals surface area contributed by atoms with Gasteiger partial charge in [0.15, 0.2) is 0 Å². The molecule has 17 heavy (non-hydrogen) atoms. The van der Waals surface area contributed by atoms with E-state index in [1.165, 1.54) is 6.07 Å². The van der Waals surface area contributed by atoms with Crippen molar-refractivity contribution in [2.45, 2.75) is 25.9 Å². The Balaban J connectivity index is 2.96. The van der Waals surface area contributed by atoms with Crippen molar-refractivity contribution < 1.29 is 15.0 Å². The van der Waals surface area contributed by atoms with E-state index in [1.54, 1.807) is 37.9 Å². The lowest BCUT2D eigenvalue weighted by molar-refractivity contribution is -0.148. The van der Waals surface area contributed by atoms with Gasteiger partial charge in [-0.2, -0.15) is 0 Å². The molecule has 1 aromatic rings. The van der Waals surface area contributed by atoms with Gasteiger partial charge in [0, 0.05) is 17.1 Å². The summed E-state index contributed by atoms with van der Waals surface area (Å²) in [5.74, 6) is -0.850. The molecule has 94 valence electrons. The number of hydrogen-bond acceptors (Lipinski definition) is 3. The fraction of sp³-hybridized carbons (Fsp3) is 0.417. The van der Waals surface area contributed by atoms with Gasteiger partial charge in [0.2, 0.25) is 0 Å². The molecule has 0 aliphatic heterocycles. The van der Waals surface area contributed by atoms with Gasteiger partial charge in [-0.3, -0.25) is 9.69 Å². The van der Waals surface area contributed by atoms with Crippen LogP contribution in [-0.4, -0.2) is 33.7 Å². The van der Waals surface area contributed by atoms with Crippen molar-refractivity contribution in [3.05, 3.63) is 28.8 Å². The predicted molar refractivity (Wildman–Crippen MR) is 66.3 cm³/mol. The molecule has 2 N–H and O–H groups in total. The van der Waals surface area contributed by atoms with Crippen LogP contribution in [0.1, 0.15) is 19.4 Å². The Kier molecular flexibility index (Phi) is 4.01. The molecular formula is C12H16ClNO3. The van der Waals surface area contributed by atoms with E-state index in [4.69, 9.17) is 16.7 Å². The van der Waals surface area contributed by atoms with Gasteiger partial charge >= 0.3 is 5.97 Å². The number of phenolic OH excluding ortho intramolecular Hbond substituents is 1. The molecule has 0 fully saturated rings. The second-order valence-corrected chi connectivity index (χ2v) is 4.86. The third-order valence-corrected chi connectivity index (χ3v) is 3.32. The molecule has 0 amide bonds. The summed E-state index contributed by atoms with van der Waals surface area (Å²) in [4.78, 5) is 12.7. The van der Waals surface area contributed by atoms with E-state index >= 15 is 0 Å². The van der Waals surface area contributed by atoms with Crippen molar-refractivity contribution in [3.8, 4) is 5.75 Å². The molecule has 0 radical (unpaired) electrons. The van der Waals surface area contributed by atoms with Crippen molar-refractivity contribution in [2.24, 2.45) is 0 Å². The number of carbonyl (C=O) groups is 1. The molecule has 0 atom stereocenters. The minimum absolute atomic E-state index is 0.0746. The number of carboxylic acid groups (broad SMARTS) is 1. The topological polar surface area (TPSA) is 60.8 Å². The molecule has 0 saturated heterocycles. The lowest BCUT2D eigenvalue weighted by atomic mass is 10.0. The highest BCUT2D eigenvalue weighted by Gasteiger charge is 2.32. The highest BCUT2D eigenvalue weighted by molar-refractivity contribution is 6.31. The summed E-state index contributed by atoms with van der Waals surface area (Å²) in [5.41, 5.74) is -0.489. The maximum Gasteiger partial charge on any atom is 0.323 e. The van der Waals surface area contributed by atoms with E-state index < -0.39 is 11.5 Å². The number of aliphatic carboxylic acids is 1. The first kappa shape index (κ1) is 13.8. The van der Waals surface area contributed by atoms with Crippen molar-refractivity contribution in [1.29, 1.82) is 0 Å². The fourth-order valence-corrected chi connectivity index (χ4v) is 1.53. The second-order valence-electron chi connectivity index (χ2n) is 4.46. The zero-order valence-corrected chi connectivity index (χ0v) is 10.8. The van der Waals surface area contributed by atoms with Gasteiger partial charge in [-0.15, -0.1) is 0 Å². The number of benzene rings is 1. The molecule has 4 nitrogen and oxygen atoms in total. The van der Waals surface area contributed by atoms with Crippen LogP contribution in [0.2, 0.25) is 5.02 Å². The molecule has 0 unspecified atom stereocenters. The number of aromatic hydroxyl groups is 1. The molecule has 0 saturated carbocycles. The summed E-state index contributed by atoms with van der Waals surface area (Å²) in [6.45, 7) is 3.47. The lowest BCUT2D eigenvalue weighted by Crippen LogP contribution is -2.47. The molecule has 0 spiro atoms. The summed E-state index contributed by atoms with van der Waals surface area (Å²) in [6, 6.07) is 4.84. The van der Waals surface area contributed by atoms with Crippen LogP contribution in [0.3, 0.4) is 0 Å². The Morgan fingerprint density at radius 1 is 1.47 bits per heavy atom. The molecule has 0 heterocycles. The van der Waals surface area contributed by atoms with Gasteiger partial charge in [-0.1, -0.05) is 17.7 Å². The molecule has 1 rings (SSSR count). The zero-order chi connectivity index (χ0) is 13.2. The summed E-state index contributed by atoms with van der Waals surface area (Å²) < 4.78 is 0. The Morgan fingerprint density at radius 3 is 2.53 bits per heavy atom. The number of hydrogen-bond donors (Lipinski definition) is 2. The molecule has 5 heteroatoms. The maximum atomic E-state index is 11.1. The van der Waals surface area contributed by atoms with Crippen LogP contribution in [-0.2, 0) is 11.3 Å². The number of carboxylic acids is 1. The van der Waals surface area contributed by atoms with Gasteiger partial charge in [-0.05, 0) is 33.0 Å².